The predicted octanol–water partition coefficient (Wildman–Crippen LogP) is 3.67. The minimum atomic E-state index is -2.70. The van der Waals surface area contributed by atoms with Crippen molar-refractivity contribution in [2.45, 2.75) is 58.4 Å². The highest BCUT2D eigenvalue weighted by Gasteiger charge is 2.51. The zero-order valence-electron chi connectivity index (χ0n) is 21.2. The Hall–Kier alpha value is -2.74. The molecule has 1 aromatic heterocycles. The highest BCUT2D eigenvalue weighted by atomic mass is 28.4. The molecular formula is C28H36N2O4Si. The first-order chi connectivity index (χ1) is 16.7. The van der Waals surface area contributed by atoms with E-state index in [2.05, 4.69) is 88.1 Å². The summed E-state index contributed by atoms with van der Waals surface area (Å²) in [5.41, 5.74) is -0.853. The molecule has 0 unspecified atom stereocenters. The molecule has 35 heavy (non-hydrogen) atoms. The van der Waals surface area contributed by atoms with Gasteiger partial charge in [-0.3, -0.25) is 14.3 Å². The Morgan fingerprint density at radius 1 is 0.971 bits per heavy atom. The van der Waals surface area contributed by atoms with Crippen LogP contribution in [-0.4, -0.2) is 30.6 Å². The maximum Gasteiger partial charge on any atom is 0.330 e. The van der Waals surface area contributed by atoms with E-state index in [0.29, 0.717) is 6.61 Å². The number of ether oxygens (including phenoxy) is 1. The molecule has 1 aliphatic rings. The third kappa shape index (κ3) is 4.72. The van der Waals surface area contributed by atoms with Crippen LogP contribution in [-0.2, 0) is 9.16 Å². The topological polar surface area (TPSA) is 73.3 Å². The lowest BCUT2D eigenvalue weighted by Gasteiger charge is -2.43. The summed E-state index contributed by atoms with van der Waals surface area (Å²) in [6.07, 6.45) is 1.82. The monoisotopic (exact) mass is 492 g/mol. The van der Waals surface area contributed by atoms with Gasteiger partial charge >= 0.3 is 5.69 Å². The molecule has 1 aliphatic heterocycles. The summed E-state index contributed by atoms with van der Waals surface area (Å²) in [6, 6.07) is 22.5. The Kier molecular flexibility index (Phi) is 7.31. The molecule has 186 valence electrons. The number of benzene rings is 2. The highest BCUT2D eigenvalue weighted by Crippen LogP contribution is 2.42. The molecule has 2 heterocycles. The van der Waals surface area contributed by atoms with Crippen LogP contribution in [0.3, 0.4) is 0 Å². The molecular weight excluding hydrogens is 456 g/mol. The molecule has 7 heteroatoms. The van der Waals surface area contributed by atoms with Gasteiger partial charge in [0.05, 0.1) is 12.7 Å². The second kappa shape index (κ2) is 10.1. The number of rotatable bonds is 7. The normalized spacial score (nSPS) is 22.9. The Morgan fingerprint density at radius 3 is 2.03 bits per heavy atom. The quantitative estimate of drug-likeness (QED) is 0.511. The standard InChI is InChI=1S/C28H36N2O4Si/c1-6-23-20(2)26(30-18-17-25(31)29-27(30)32)34-24(23)19-33-35(28(3,4)5,21-13-9-7-10-14-21)22-15-11-8-12-16-22/h7-18,20,23-24,26H,6,19H2,1-5H3,(H,29,31,32)/t20-,23+,24-,26-/m1/s1. The van der Waals surface area contributed by atoms with E-state index in [0.717, 1.165) is 6.42 Å². The summed E-state index contributed by atoms with van der Waals surface area (Å²) >= 11 is 0. The van der Waals surface area contributed by atoms with Crippen molar-refractivity contribution in [2.75, 3.05) is 6.61 Å². The van der Waals surface area contributed by atoms with Gasteiger partial charge in [-0.05, 0) is 21.3 Å². The second-order valence-electron chi connectivity index (χ2n) is 10.5. The smallest absolute Gasteiger partial charge is 0.330 e. The lowest BCUT2D eigenvalue weighted by atomic mass is 9.89. The van der Waals surface area contributed by atoms with E-state index in [1.165, 1.54) is 27.2 Å². The van der Waals surface area contributed by atoms with Crippen molar-refractivity contribution >= 4 is 18.7 Å². The molecule has 4 rings (SSSR count). The molecule has 3 aromatic rings. The number of hydrogen-bond acceptors (Lipinski definition) is 4. The second-order valence-corrected chi connectivity index (χ2v) is 14.8. The number of H-pyrrole nitrogens is 1. The van der Waals surface area contributed by atoms with Crippen LogP contribution in [0.5, 0.6) is 0 Å². The fourth-order valence-corrected chi connectivity index (χ4v) is 10.2. The Balaban J connectivity index is 1.71. The van der Waals surface area contributed by atoms with E-state index in [-0.39, 0.29) is 23.0 Å². The Morgan fingerprint density at radius 2 is 1.54 bits per heavy atom. The maximum absolute atomic E-state index is 12.5. The zero-order chi connectivity index (χ0) is 25.2. The molecule has 2 aromatic carbocycles. The van der Waals surface area contributed by atoms with Gasteiger partial charge in [0.15, 0.2) is 0 Å². The summed E-state index contributed by atoms with van der Waals surface area (Å²) in [6.45, 7) is 11.5. The van der Waals surface area contributed by atoms with Crippen LogP contribution in [0, 0.1) is 11.8 Å². The van der Waals surface area contributed by atoms with Crippen LogP contribution in [0.4, 0.5) is 0 Å². The van der Waals surface area contributed by atoms with E-state index >= 15 is 0 Å². The summed E-state index contributed by atoms with van der Waals surface area (Å²) in [4.78, 5) is 26.4. The van der Waals surface area contributed by atoms with Gasteiger partial charge in [-0.15, -0.1) is 0 Å². The molecule has 1 saturated heterocycles. The van der Waals surface area contributed by atoms with Crippen molar-refractivity contribution in [1.29, 1.82) is 0 Å². The van der Waals surface area contributed by atoms with Crippen molar-refractivity contribution in [1.82, 2.24) is 9.55 Å². The van der Waals surface area contributed by atoms with Gasteiger partial charge < -0.3 is 9.16 Å². The summed E-state index contributed by atoms with van der Waals surface area (Å²) in [5, 5.41) is 2.33. The first kappa shape index (κ1) is 25.4. The lowest BCUT2D eigenvalue weighted by molar-refractivity contribution is -0.0356. The Bertz CT molecular complexity index is 1190. The predicted molar refractivity (Wildman–Crippen MR) is 142 cm³/mol. The maximum atomic E-state index is 12.5. The van der Waals surface area contributed by atoms with Crippen molar-refractivity contribution in [3.05, 3.63) is 93.8 Å². The lowest BCUT2D eigenvalue weighted by Crippen LogP contribution is -2.67. The molecule has 0 saturated carbocycles. The van der Waals surface area contributed by atoms with E-state index in [4.69, 9.17) is 9.16 Å². The van der Waals surface area contributed by atoms with E-state index in [9.17, 15) is 9.59 Å². The van der Waals surface area contributed by atoms with Crippen LogP contribution in [0.25, 0.3) is 0 Å². The summed E-state index contributed by atoms with van der Waals surface area (Å²) in [5.74, 6) is 0.313. The molecule has 0 amide bonds. The third-order valence-electron chi connectivity index (χ3n) is 7.39. The van der Waals surface area contributed by atoms with Gasteiger partial charge in [0, 0.05) is 18.2 Å². The van der Waals surface area contributed by atoms with Gasteiger partial charge in [-0.2, -0.15) is 0 Å². The summed E-state index contributed by atoms with van der Waals surface area (Å²) in [7, 11) is -2.70. The largest absolute Gasteiger partial charge is 0.405 e. The minimum Gasteiger partial charge on any atom is -0.405 e. The van der Waals surface area contributed by atoms with Crippen LogP contribution in [0.2, 0.25) is 5.04 Å². The molecule has 1 fully saturated rings. The SMILES string of the molecule is CC[C@H]1[C@@H](C)[C@H](n2ccc(=O)[nH]c2=O)O[C@@H]1CO[Si](c1ccccc1)(c1ccccc1)C(C)(C)C. The van der Waals surface area contributed by atoms with Gasteiger partial charge in [-0.1, -0.05) is 102 Å². The van der Waals surface area contributed by atoms with Gasteiger partial charge in [-0.25, -0.2) is 4.79 Å². The molecule has 6 nitrogen and oxygen atoms in total. The fourth-order valence-electron chi connectivity index (χ4n) is 5.67. The molecule has 4 atom stereocenters. The highest BCUT2D eigenvalue weighted by molar-refractivity contribution is 6.99. The van der Waals surface area contributed by atoms with Gasteiger partial charge in [0.1, 0.15) is 6.23 Å². The van der Waals surface area contributed by atoms with E-state index < -0.39 is 25.8 Å². The van der Waals surface area contributed by atoms with E-state index in [1.807, 2.05) is 12.1 Å². The first-order valence-electron chi connectivity index (χ1n) is 12.4. The van der Waals surface area contributed by atoms with Crippen molar-refractivity contribution < 1.29 is 9.16 Å². The van der Waals surface area contributed by atoms with Crippen molar-refractivity contribution in [3.8, 4) is 0 Å². The molecule has 0 spiro atoms. The first-order valence-corrected chi connectivity index (χ1v) is 14.3. The van der Waals surface area contributed by atoms with Gasteiger partial charge in [0.2, 0.25) is 0 Å². The van der Waals surface area contributed by atoms with Crippen LogP contribution in [0.15, 0.2) is 82.5 Å². The average molecular weight is 493 g/mol. The number of aromatic nitrogens is 2. The Labute approximate surface area is 208 Å². The molecule has 0 aliphatic carbocycles. The number of hydrogen-bond donors (Lipinski definition) is 1. The molecule has 0 radical (unpaired) electrons. The zero-order valence-corrected chi connectivity index (χ0v) is 22.2. The van der Waals surface area contributed by atoms with Crippen molar-refractivity contribution in [2.24, 2.45) is 11.8 Å². The fraction of sp³-hybridized carbons (Fsp3) is 0.429. The van der Waals surface area contributed by atoms with Crippen molar-refractivity contribution in [3.63, 3.8) is 0 Å². The van der Waals surface area contributed by atoms with E-state index in [1.54, 1.807) is 0 Å². The molecule has 1 N–H and O–H groups in total. The molecule has 0 bridgehead atoms. The van der Waals surface area contributed by atoms with Crippen LogP contribution in [0.1, 0.15) is 47.3 Å². The number of nitrogens with one attached hydrogen (secondary N) is 1. The number of aromatic amines is 1. The van der Waals surface area contributed by atoms with Crippen LogP contribution < -0.4 is 21.6 Å². The average Bonchev–Trinajstić information content (AvgIpc) is 3.15. The summed E-state index contributed by atoms with van der Waals surface area (Å²) < 4.78 is 15.1. The van der Waals surface area contributed by atoms with Gasteiger partial charge in [0.25, 0.3) is 13.9 Å². The number of nitrogens with zero attached hydrogens (tertiary/aromatic N) is 1. The minimum absolute atomic E-state index is 0.0938. The third-order valence-corrected chi connectivity index (χ3v) is 12.4. The van der Waals surface area contributed by atoms with Crippen LogP contribution >= 0.6 is 0 Å².